The topological polar surface area (TPSA) is 64.8 Å². The van der Waals surface area contributed by atoms with E-state index in [-0.39, 0.29) is 5.91 Å². The van der Waals surface area contributed by atoms with Crippen LogP contribution in [0.15, 0.2) is 42.6 Å². The zero-order valence-electron chi connectivity index (χ0n) is 15.2. The van der Waals surface area contributed by atoms with E-state index in [1.807, 2.05) is 39.8 Å². The number of aromatic nitrogens is 1. The smallest absolute Gasteiger partial charge is 0.399 e. The van der Waals surface area contributed by atoms with Crippen LogP contribution in [-0.4, -0.2) is 29.2 Å². The Kier molecular flexibility index (Phi) is 4.57. The molecule has 0 aliphatic carbocycles. The van der Waals surface area contributed by atoms with E-state index in [2.05, 4.69) is 15.1 Å². The van der Waals surface area contributed by atoms with Crippen LogP contribution >= 0.6 is 0 Å². The largest absolute Gasteiger partial charge is 0.494 e. The molecule has 1 amide bonds. The van der Waals surface area contributed by atoms with Gasteiger partial charge in [-0.3, -0.25) is 4.79 Å². The first-order chi connectivity index (χ1) is 12.2. The third-order valence-corrected chi connectivity index (χ3v) is 4.81. The van der Waals surface area contributed by atoms with Crippen molar-refractivity contribution in [1.29, 1.82) is 0 Å². The number of carbonyl (C=O) groups is 1. The van der Waals surface area contributed by atoms with Gasteiger partial charge in [0.2, 0.25) is 0 Å². The number of anilines is 1. The SMILES string of the molecule is [C-]#[N+]c1ccnc(NC(=O)c2ccc(B3OC(C)(C)C(C)(C)O3)cc2)c1. The lowest BCUT2D eigenvalue weighted by Gasteiger charge is -2.32. The summed E-state index contributed by atoms with van der Waals surface area (Å²) in [5.41, 5.74) is 0.945. The molecule has 0 atom stereocenters. The van der Waals surface area contributed by atoms with Gasteiger partial charge in [-0.05, 0) is 57.4 Å². The number of amides is 1. The lowest BCUT2D eigenvalue weighted by Crippen LogP contribution is -2.41. The molecule has 1 aromatic carbocycles. The normalized spacial score (nSPS) is 17.6. The van der Waals surface area contributed by atoms with Crippen LogP contribution < -0.4 is 10.8 Å². The first kappa shape index (κ1) is 18.1. The van der Waals surface area contributed by atoms with Crippen molar-refractivity contribution in [1.82, 2.24) is 4.98 Å². The number of pyridine rings is 1. The monoisotopic (exact) mass is 349 g/mol. The van der Waals surface area contributed by atoms with E-state index in [4.69, 9.17) is 15.9 Å². The van der Waals surface area contributed by atoms with Crippen LogP contribution in [0.2, 0.25) is 0 Å². The molecule has 0 bridgehead atoms. The maximum Gasteiger partial charge on any atom is 0.494 e. The molecular weight excluding hydrogens is 329 g/mol. The van der Waals surface area contributed by atoms with Crippen molar-refractivity contribution < 1.29 is 14.1 Å². The molecule has 26 heavy (non-hydrogen) atoms. The third-order valence-electron chi connectivity index (χ3n) is 4.81. The van der Waals surface area contributed by atoms with Crippen molar-refractivity contribution in [3.05, 3.63) is 59.6 Å². The molecule has 7 heteroatoms. The van der Waals surface area contributed by atoms with E-state index in [1.165, 1.54) is 12.3 Å². The fourth-order valence-electron chi connectivity index (χ4n) is 2.52. The highest BCUT2D eigenvalue weighted by Gasteiger charge is 2.51. The molecule has 1 saturated heterocycles. The average molecular weight is 349 g/mol. The summed E-state index contributed by atoms with van der Waals surface area (Å²) in [7, 11) is -0.464. The zero-order valence-corrected chi connectivity index (χ0v) is 15.2. The van der Waals surface area contributed by atoms with E-state index in [0.29, 0.717) is 17.1 Å². The van der Waals surface area contributed by atoms with Crippen LogP contribution in [0.3, 0.4) is 0 Å². The molecule has 1 aliphatic rings. The number of hydrogen-bond acceptors (Lipinski definition) is 4. The molecule has 1 aliphatic heterocycles. The van der Waals surface area contributed by atoms with Gasteiger partial charge in [-0.2, -0.15) is 0 Å². The minimum atomic E-state index is -0.464. The Morgan fingerprint density at radius 2 is 1.73 bits per heavy atom. The molecule has 3 rings (SSSR count). The number of rotatable bonds is 3. The minimum absolute atomic E-state index is 0.292. The Morgan fingerprint density at radius 1 is 1.12 bits per heavy atom. The van der Waals surface area contributed by atoms with Crippen LogP contribution in [0.25, 0.3) is 4.85 Å². The third kappa shape index (κ3) is 3.47. The minimum Gasteiger partial charge on any atom is -0.399 e. The number of benzene rings is 1. The highest BCUT2D eigenvalue weighted by atomic mass is 16.7. The molecule has 1 aromatic heterocycles. The van der Waals surface area contributed by atoms with E-state index >= 15 is 0 Å². The maximum absolute atomic E-state index is 12.4. The van der Waals surface area contributed by atoms with Gasteiger partial charge in [0.1, 0.15) is 5.82 Å². The van der Waals surface area contributed by atoms with E-state index in [1.54, 1.807) is 18.2 Å². The predicted octanol–water partition coefficient (Wildman–Crippen LogP) is 3.18. The molecule has 0 radical (unpaired) electrons. The van der Waals surface area contributed by atoms with Gasteiger partial charge >= 0.3 is 7.12 Å². The van der Waals surface area contributed by atoms with Gasteiger partial charge in [-0.25, -0.2) is 9.83 Å². The van der Waals surface area contributed by atoms with Gasteiger partial charge in [0.05, 0.1) is 17.8 Å². The Bertz CT molecular complexity index is 856. The summed E-state index contributed by atoms with van der Waals surface area (Å²) in [4.78, 5) is 19.7. The molecule has 0 saturated carbocycles. The second-order valence-corrected chi connectivity index (χ2v) is 7.18. The predicted molar refractivity (Wildman–Crippen MR) is 101 cm³/mol. The highest BCUT2D eigenvalue weighted by Crippen LogP contribution is 2.36. The Labute approximate surface area is 153 Å². The van der Waals surface area contributed by atoms with Crippen LogP contribution in [0.4, 0.5) is 11.5 Å². The van der Waals surface area contributed by atoms with Crippen LogP contribution in [0, 0.1) is 6.57 Å². The zero-order chi connectivity index (χ0) is 18.9. The van der Waals surface area contributed by atoms with Crippen molar-refractivity contribution in [3.63, 3.8) is 0 Å². The Hall–Kier alpha value is -2.69. The molecule has 2 heterocycles. The average Bonchev–Trinajstić information content (AvgIpc) is 2.83. The quantitative estimate of drug-likeness (QED) is 0.683. The first-order valence-corrected chi connectivity index (χ1v) is 8.32. The highest BCUT2D eigenvalue weighted by molar-refractivity contribution is 6.62. The van der Waals surface area contributed by atoms with Gasteiger partial charge in [-0.1, -0.05) is 12.1 Å². The standard InChI is InChI=1S/C19H20BN3O3/c1-18(2)19(3,4)26-20(25-18)14-8-6-13(7-9-14)17(24)23-16-12-15(21-5)10-11-22-16/h6-12H,1-4H3,(H,22,23,24). The molecular formula is C19H20BN3O3. The molecule has 0 unspecified atom stereocenters. The van der Waals surface area contributed by atoms with Gasteiger partial charge < -0.3 is 14.6 Å². The molecule has 2 aromatic rings. The summed E-state index contributed by atoms with van der Waals surface area (Å²) in [5, 5.41) is 2.69. The van der Waals surface area contributed by atoms with Crippen LogP contribution in [-0.2, 0) is 9.31 Å². The van der Waals surface area contributed by atoms with Crippen molar-refractivity contribution >= 4 is 30.0 Å². The molecule has 0 spiro atoms. The number of hydrogen-bond donors (Lipinski definition) is 1. The van der Waals surface area contributed by atoms with Crippen molar-refractivity contribution in [2.75, 3.05) is 5.32 Å². The fourth-order valence-corrected chi connectivity index (χ4v) is 2.52. The van der Waals surface area contributed by atoms with E-state index in [9.17, 15) is 4.79 Å². The maximum atomic E-state index is 12.4. The van der Waals surface area contributed by atoms with Crippen molar-refractivity contribution in [2.45, 2.75) is 38.9 Å². The van der Waals surface area contributed by atoms with Gasteiger partial charge in [0.15, 0.2) is 5.69 Å². The van der Waals surface area contributed by atoms with Crippen LogP contribution in [0.5, 0.6) is 0 Å². The van der Waals surface area contributed by atoms with Gasteiger partial charge in [-0.15, -0.1) is 0 Å². The number of nitrogens with zero attached hydrogens (tertiary/aromatic N) is 2. The summed E-state index contributed by atoms with van der Waals surface area (Å²) < 4.78 is 12.0. The lowest BCUT2D eigenvalue weighted by molar-refractivity contribution is 0.00578. The molecule has 1 fully saturated rings. The first-order valence-electron chi connectivity index (χ1n) is 8.32. The summed E-state index contributed by atoms with van der Waals surface area (Å²) in [6.07, 6.45) is 1.49. The van der Waals surface area contributed by atoms with E-state index in [0.717, 1.165) is 5.46 Å². The van der Waals surface area contributed by atoms with Crippen molar-refractivity contribution in [3.8, 4) is 0 Å². The summed E-state index contributed by atoms with van der Waals surface area (Å²) in [6, 6.07) is 10.2. The second kappa shape index (κ2) is 6.56. The lowest BCUT2D eigenvalue weighted by atomic mass is 9.79. The summed E-state index contributed by atoms with van der Waals surface area (Å²) >= 11 is 0. The summed E-state index contributed by atoms with van der Waals surface area (Å²) in [5.74, 6) is 0.0543. The number of carbonyl (C=O) groups excluding carboxylic acids is 1. The van der Waals surface area contributed by atoms with Gasteiger partial charge in [0.25, 0.3) is 5.91 Å². The fraction of sp³-hybridized carbons (Fsp3) is 0.316. The molecule has 132 valence electrons. The Balaban J connectivity index is 1.72. The van der Waals surface area contributed by atoms with Gasteiger partial charge in [0, 0.05) is 11.8 Å². The molecule has 6 nitrogen and oxygen atoms in total. The summed E-state index contributed by atoms with van der Waals surface area (Å²) in [6.45, 7) is 15.0. The molecule has 1 N–H and O–H groups in total. The number of nitrogens with one attached hydrogen (secondary N) is 1. The Morgan fingerprint density at radius 3 is 2.31 bits per heavy atom. The van der Waals surface area contributed by atoms with Crippen LogP contribution in [0.1, 0.15) is 38.1 Å². The van der Waals surface area contributed by atoms with E-state index < -0.39 is 18.3 Å². The van der Waals surface area contributed by atoms with Crippen molar-refractivity contribution in [2.24, 2.45) is 0 Å². The second-order valence-electron chi connectivity index (χ2n) is 7.18.